The third-order valence-electron chi connectivity index (χ3n) is 5.38. The first-order valence-corrected chi connectivity index (χ1v) is 11.6. The molecule has 1 aliphatic rings. The van der Waals surface area contributed by atoms with E-state index in [4.69, 9.17) is 4.74 Å². The standard InChI is InChI=1S/C27H23N3O3S/c1-18-9-8-10-19(15-18)16-24-26(32)30(20-11-4-3-5-12-20)27(34-24)21(17-28)25(31)29-22-13-6-7-14-23(22)33-2/h3-15,24H,16H2,1-2H3,(H,29,31). The number of hydrogen-bond acceptors (Lipinski definition) is 5. The number of aryl methyl sites for hydroxylation is 1. The Morgan fingerprint density at radius 1 is 1.09 bits per heavy atom. The molecule has 4 rings (SSSR count). The number of rotatable bonds is 6. The van der Waals surface area contributed by atoms with Crippen LogP contribution in [0.4, 0.5) is 11.4 Å². The number of anilines is 2. The average molecular weight is 470 g/mol. The van der Waals surface area contributed by atoms with Crippen molar-refractivity contribution in [2.24, 2.45) is 0 Å². The van der Waals surface area contributed by atoms with Crippen LogP contribution in [0.25, 0.3) is 0 Å². The van der Waals surface area contributed by atoms with E-state index in [2.05, 4.69) is 5.32 Å². The molecule has 1 fully saturated rings. The van der Waals surface area contributed by atoms with Gasteiger partial charge in [-0.05, 0) is 43.2 Å². The van der Waals surface area contributed by atoms with Gasteiger partial charge in [0.1, 0.15) is 22.4 Å². The molecule has 0 bridgehead atoms. The number of benzene rings is 3. The first-order chi connectivity index (χ1) is 16.5. The van der Waals surface area contributed by atoms with Gasteiger partial charge in [-0.1, -0.05) is 71.9 Å². The lowest BCUT2D eigenvalue weighted by molar-refractivity contribution is -0.117. The maximum absolute atomic E-state index is 13.5. The molecular formula is C27H23N3O3S. The minimum atomic E-state index is -0.598. The molecule has 34 heavy (non-hydrogen) atoms. The summed E-state index contributed by atoms with van der Waals surface area (Å²) in [4.78, 5) is 28.2. The molecule has 0 saturated carbocycles. The fourth-order valence-corrected chi connectivity index (χ4v) is 5.09. The number of nitriles is 1. The van der Waals surface area contributed by atoms with Crippen molar-refractivity contribution < 1.29 is 14.3 Å². The van der Waals surface area contributed by atoms with Crippen LogP contribution in [0.3, 0.4) is 0 Å². The molecule has 1 saturated heterocycles. The van der Waals surface area contributed by atoms with Crippen LogP contribution in [-0.2, 0) is 16.0 Å². The summed E-state index contributed by atoms with van der Waals surface area (Å²) in [5.74, 6) is -0.282. The molecule has 0 aliphatic carbocycles. The Kier molecular flexibility index (Phi) is 7.00. The lowest BCUT2D eigenvalue weighted by Crippen LogP contribution is -2.30. The van der Waals surface area contributed by atoms with E-state index in [1.54, 1.807) is 36.4 Å². The quantitative estimate of drug-likeness (QED) is 0.403. The number of nitrogens with one attached hydrogen (secondary N) is 1. The highest BCUT2D eigenvalue weighted by molar-refractivity contribution is 8.05. The van der Waals surface area contributed by atoms with E-state index in [0.717, 1.165) is 11.1 Å². The summed E-state index contributed by atoms with van der Waals surface area (Å²) >= 11 is 1.25. The van der Waals surface area contributed by atoms with E-state index in [-0.39, 0.29) is 11.5 Å². The minimum Gasteiger partial charge on any atom is -0.495 e. The molecule has 1 atom stereocenters. The Hall–Kier alpha value is -4.02. The van der Waals surface area contributed by atoms with E-state index < -0.39 is 11.2 Å². The van der Waals surface area contributed by atoms with Gasteiger partial charge in [-0.2, -0.15) is 5.26 Å². The van der Waals surface area contributed by atoms with E-state index in [0.29, 0.717) is 28.6 Å². The molecule has 0 spiro atoms. The Morgan fingerprint density at radius 2 is 1.82 bits per heavy atom. The number of hydrogen-bond donors (Lipinski definition) is 1. The van der Waals surface area contributed by atoms with Gasteiger partial charge in [-0.25, -0.2) is 0 Å². The second kappa shape index (κ2) is 10.3. The van der Waals surface area contributed by atoms with Gasteiger partial charge in [0.15, 0.2) is 0 Å². The number of ether oxygens (including phenoxy) is 1. The van der Waals surface area contributed by atoms with Crippen molar-refractivity contribution in [2.75, 3.05) is 17.3 Å². The van der Waals surface area contributed by atoms with E-state index in [9.17, 15) is 14.9 Å². The Balaban J connectivity index is 1.72. The largest absolute Gasteiger partial charge is 0.495 e. The van der Waals surface area contributed by atoms with Crippen molar-refractivity contribution >= 4 is 35.0 Å². The highest BCUT2D eigenvalue weighted by atomic mass is 32.2. The zero-order chi connectivity index (χ0) is 24.1. The lowest BCUT2D eigenvalue weighted by Gasteiger charge is -2.18. The van der Waals surface area contributed by atoms with E-state index >= 15 is 0 Å². The molecule has 1 heterocycles. The number of amides is 2. The number of carbonyl (C=O) groups is 2. The molecule has 3 aromatic carbocycles. The smallest absolute Gasteiger partial charge is 0.269 e. The maximum Gasteiger partial charge on any atom is 0.269 e. The summed E-state index contributed by atoms with van der Waals surface area (Å²) in [5, 5.41) is 12.6. The predicted molar refractivity (Wildman–Crippen MR) is 134 cm³/mol. The number of thioether (sulfide) groups is 1. The highest BCUT2D eigenvalue weighted by Gasteiger charge is 2.40. The minimum absolute atomic E-state index is 0.125. The van der Waals surface area contributed by atoms with Crippen molar-refractivity contribution in [3.8, 4) is 11.8 Å². The summed E-state index contributed by atoms with van der Waals surface area (Å²) in [6, 6.07) is 26.1. The second-order valence-electron chi connectivity index (χ2n) is 7.76. The van der Waals surface area contributed by atoms with Crippen molar-refractivity contribution in [3.05, 3.63) is 101 Å². The summed E-state index contributed by atoms with van der Waals surface area (Å²) in [5.41, 5.74) is 3.06. The second-order valence-corrected chi connectivity index (χ2v) is 8.95. The fraction of sp³-hybridized carbons (Fsp3) is 0.148. The number of nitrogens with zero attached hydrogens (tertiary/aromatic N) is 2. The number of para-hydroxylation sites is 3. The topological polar surface area (TPSA) is 82.4 Å². The van der Waals surface area contributed by atoms with Crippen LogP contribution in [0.5, 0.6) is 5.75 Å². The van der Waals surface area contributed by atoms with Gasteiger partial charge in [0, 0.05) is 5.69 Å². The first-order valence-electron chi connectivity index (χ1n) is 10.7. The number of carbonyl (C=O) groups excluding carboxylic acids is 2. The molecule has 3 aromatic rings. The van der Waals surface area contributed by atoms with Crippen LogP contribution in [-0.4, -0.2) is 24.2 Å². The molecule has 0 radical (unpaired) electrons. The molecule has 170 valence electrons. The first kappa shape index (κ1) is 23.1. The van der Waals surface area contributed by atoms with Crippen LogP contribution >= 0.6 is 11.8 Å². The SMILES string of the molecule is COc1ccccc1NC(=O)C(C#N)=C1SC(Cc2cccc(C)c2)C(=O)N1c1ccccc1. The monoisotopic (exact) mass is 469 g/mol. The summed E-state index contributed by atoms with van der Waals surface area (Å²) in [7, 11) is 1.51. The Bertz CT molecular complexity index is 1300. The van der Waals surface area contributed by atoms with Gasteiger partial charge >= 0.3 is 0 Å². The predicted octanol–water partition coefficient (Wildman–Crippen LogP) is 5.07. The van der Waals surface area contributed by atoms with Crippen LogP contribution < -0.4 is 15.0 Å². The average Bonchev–Trinajstić information content (AvgIpc) is 3.15. The fourth-order valence-electron chi connectivity index (χ4n) is 3.78. The molecule has 6 nitrogen and oxygen atoms in total. The van der Waals surface area contributed by atoms with Gasteiger partial charge in [0.05, 0.1) is 18.0 Å². The Morgan fingerprint density at radius 3 is 2.53 bits per heavy atom. The zero-order valence-electron chi connectivity index (χ0n) is 18.8. The van der Waals surface area contributed by atoms with Gasteiger partial charge in [-0.3, -0.25) is 14.5 Å². The van der Waals surface area contributed by atoms with Crippen molar-refractivity contribution in [3.63, 3.8) is 0 Å². The maximum atomic E-state index is 13.5. The molecular weight excluding hydrogens is 446 g/mol. The normalized spacial score (nSPS) is 16.7. The van der Waals surface area contributed by atoms with E-state index in [1.165, 1.54) is 23.8 Å². The highest BCUT2D eigenvalue weighted by Crippen LogP contribution is 2.42. The molecule has 1 aliphatic heterocycles. The van der Waals surface area contributed by atoms with Gasteiger partial charge < -0.3 is 10.1 Å². The van der Waals surface area contributed by atoms with Crippen molar-refractivity contribution in [2.45, 2.75) is 18.6 Å². The van der Waals surface area contributed by atoms with Crippen molar-refractivity contribution in [1.82, 2.24) is 0 Å². The lowest BCUT2D eigenvalue weighted by atomic mass is 10.1. The third-order valence-corrected chi connectivity index (χ3v) is 6.64. The Labute approximate surface area is 202 Å². The van der Waals surface area contributed by atoms with Crippen LogP contribution in [0.1, 0.15) is 11.1 Å². The van der Waals surface area contributed by atoms with Gasteiger partial charge in [0.25, 0.3) is 5.91 Å². The van der Waals surface area contributed by atoms with Gasteiger partial charge in [-0.15, -0.1) is 0 Å². The molecule has 0 aromatic heterocycles. The molecule has 2 amide bonds. The van der Waals surface area contributed by atoms with Crippen LogP contribution in [0.15, 0.2) is 89.5 Å². The molecule has 7 heteroatoms. The van der Waals surface area contributed by atoms with Gasteiger partial charge in [0.2, 0.25) is 5.91 Å². The van der Waals surface area contributed by atoms with Crippen molar-refractivity contribution in [1.29, 1.82) is 5.26 Å². The zero-order valence-corrected chi connectivity index (χ0v) is 19.6. The summed E-state index contributed by atoms with van der Waals surface area (Å²) in [6.07, 6.45) is 0.491. The van der Waals surface area contributed by atoms with Crippen LogP contribution in [0.2, 0.25) is 0 Å². The molecule has 1 unspecified atom stereocenters. The summed E-state index contributed by atoms with van der Waals surface area (Å²) < 4.78 is 5.30. The van der Waals surface area contributed by atoms with Crippen LogP contribution in [0, 0.1) is 18.3 Å². The third kappa shape index (κ3) is 4.82. The summed E-state index contributed by atoms with van der Waals surface area (Å²) in [6.45, 7) is 2.00. The molecule has 1 N–H and O–H groups in total. The number of methoxy groups -OCH3 is 1. The van der Waals surface area contributed by atoms with E-state index in [1.807, 2.05) is 55.5 Å².